The minimum Gasteiger partial charge on any atom is -0.386 e. The van der Waals surface area contributed by atoms with Crippen LogP contribution in [0, 0.1) is 0 Å². The Labute approximate surface area is 218 Å². The number of aromatic nitrogens is 4. The maximum absolute atomic E-state index is 13.8. The van der Waals surface area contributed by atoms with Crippen molar-refractivity contribution in [2.45, 2.75) is 44.9 Å². The number of nitrogens with one attached hydrogen (secondary N) is 1. The number of halogens is 1. The molecule has 2 N–H and O–H groups in total. The molecule has 2 aliphatic heterocycles. The fourth-order valence-electron chi connectivity index (χ4n) is 5.32. The summed E-state index contributed by atoms with van der Waals surface area (Å²) in [5, 5.41) is 24.0. The summed E-state index contributed by atoms with van der Waals surface area (Å²) in [6, 6.07) is 12.7. The van der Waals surface area contributed by atoms with Crippen LogP contribution in [0.3, 0.4) is 0 Å². The SMILES string of the molecule is CN1C(=O)[C@@H](N2CCc3c(nn(Cc4ccccc4)c3Cl)C2=O)Cc2[nH]nc3cc(C(C)(C)O)cc1c23. The number of H-pyrrole nitrogens is 1. The van der Waals surface area contributed by atoms with Gasteiger partial charge in [0.15, 0.2) is 5.69 Å². The molecule has 37 heavy (non-hydrogen) atoms. The molecule has 9 nitrogen and oxygen atoms in total. The van der Waals surface area contributed by atoms with E-state index in [0.717, 1.165) is 22.2 Å². The zero-order valence-electron chi connectivity index (χ0n) is 20.8. The summed E-state index contributed by atoms with van der Waals surface area (Å²) in [7, 11) is 1.70. The average Bonchev–Trinajstić information content (AvgIpc) is 3.40. The number of nitrogens with zero attached hydrogens (tertiary/aromatic N) is 5. The maximum atomic E-state index is 13.8. The van der Waals surface area contributed by atoms with Crippen LogP contribution in [0.4, 0.5) is 5.69 Å². The lowest BCUT2D eigenvalue weighted by Crippen LogP contribution is -2.53. The lowest BCUT2D eigenvalue weighted by atomic mass is 9.95. The molecule has 10 heteroatoms. The van der Waals surface area contributed by atoms with Crippen molar-refractivity contribution < 1.29 is 14.7 Å². The van der Waals surface area contributed by atoms with Crippen molar-refractivity contribution in [3.05, 3.63) is 75.7 Å². The van der Waals surface area contributed by atoms with Gasteiger partial charge in [-0.3, -0.25) is 14.7 Å². The third-order valence-electron chi connectivity index (χ3n) is 7.39. The smallest absolute Gasteiger partial charge is 0.275 e. The van der Waals surface area contributed by atoms with E-state index < -0.39 is 11.6 Å². The fourth-order valence-corrected chi connectivity index (χ4v) is 5.61. The summed E-state index contributed by atoms with van der Waals surface area (Å²) in [6.07, 6.45) is 0.810. The molecule has 0 saturated carbocycles. The van der Waals surface area contributed by atoms with Gasteiger partial charge in [-0.2, -0.15) is 10.2 Å². The number of hydrogen-bond donors (Lipinski definition) is 2. The minimum atomic E-state index is -1.10. The predicted molar refractivity (Wildman–Crippen MR) is 140 cm³/mol. The first-order valence-corrected chi connectivity index (χ1v) is 12.6. The molecule has 0 saturated heterocycles. The van der Waals surface area contributed by atoms with E-state index in [-0.39, 0.29) is 11.8 Å². The standard InChI is InChI=1S/C27H27ClN6O3/c1-27(2,37)16-11-18-22-19(30-29-18)13-21(25(35)32(3)20(22)12-16)33-10-9-17-23(26(33)36)31-34(24(17)28)14-15-7-5-4-6-8-15/h4-8,11-12,21,37H,9-10,13-14H2,1-3H3,(H,29,30)/t21-/m0/s1. The third kappa shape index (κ3) is 3.81. The average molecular weight is 519 g/mol. The number of benzene rings is 2. The molecule has 2 aromatic heterocycles. The fraction of sp³-hybridized carbons (Fsp3) is 0.333. The second-order valence-electron chi connectivity index (χ2n) is 10.3. The Balaban J connectivity index is 1.35. The van der Waals surface area contributed by atoms with Gasteiger partial charge in [0, 0.05) is 36.7 Å². The molecule has 1 atom stereocenters. The van der Waals surface area contributed by atoms with Crippen LogP contribution in [-0.4, -0.2) is 61.4 Å². The first-order chi connectivity index (χ1) is 17.6. The van der Waals surface area contributed by atoms with Gasteiger partial charge in [-0.15, -0.1) is 0 Å². The molecule has 0 aliphatic carbocycles. The Hall–Kier alpha value is -3.69. The van der Waals surface area contributed by atoms with E-state index >= 15 is 0 Å². The molecule has 0 spiro atoms. The quantitative estimate of drug-likeness (QED) is 0.431. The largest absolute Gasteiger partial charge is 0.386 e. The van der Waals surface area contributed by atoms with E-state index in [1.165, 1.54) is 0 Å². The van der Waals surface area contributed by atoms with E-state index in [1.54, 1.807) is 35.4 Å². The second kappa shape index (κ2) is 8.43. The van der Waals surface area contributed by atoms with Crippen molar-refractivity contribution in [1.29, 1.82) is 0 Å². The molecule has 2 amide bonds. The summed E-state index contributed by atoms with van der Waals surface area (Å²) in [5.41, 5.74) is 3.70. The minimum absolute atomic E-state index is 0.203. The first kappa shape index (κ1) is 23.7. The van der Waals surface area contributed by atoms with Crippen molar-refractivity contribution in [1.82, 2.24) is 24.9 Å². The maximum Gasteiger partial charge on any atom is 0.275 e. The molecular formula is C27H27ClN6O3. The number of hydrogen-bond acceptors (Lipinski definition) is 5. The predicted octanol–water partition coefficient (Wildman–Crippen LogP) is 3.27. The molecule has 2 aliphatic rings. The molecule has 190 valence electrons. The van der Waals surface area contributed by atoms with E-state index in [2.05, 4.69) is 15.3 Å². The summed E-state index contributed by atoms with van der Waals surface area (Å²) in [5.74, 6) is -0.508. The van der Waals surface area contributed by atoms with Gasteiger partial charge in [-0.1, -0.05) is 41.9 Å². The van der Waals surface area contributed by atoms with Crippen LogP contribution in [0.2, 0.25) is 5.15 Å². The van der Waals surface area contributed by atoms with Crippen molar-refractivity contribution in [3.8, 4) is 0 Å². The van der Waals surface area contributed by atoms with Crippen molar-refractivity contribution >= 4 is 40.0 Å². The third-order valence-corrected chi connectivity index (χ3v) is 7.81. The number of likely N-dealkylation sites (N-methyl/N-ethyl adjacent to an activating group) is 1. The van der Waals surface area contributed by atoms with Gasteiger partial charge in [0.2, 0.25) is 5.91 Å². The highest BCUT2D eigenvalue weighted by Gasteiger charge is 2.41. The Kier molecular flexibility index (Phi) is 5.40. The van der Waals surface area contributed by atoms with Crippen LogP contribution in [-0.2, 0) is 29.8 Å². The second-order valence-corrected chi connectivity index (χ2v) is 10.6. The van der Waals surface area contributed by atoms with Gasteiger partial charge in [0.25, 0.3) is 5.91 Å². The van der Waals surface area contributed by atoms with Crippen molar-refractivity contribution in [2.24, 2.45) is 0 Å². The molecule has 0 bridgehead atoms. The van der Waals surface area contributed by atoms with E-state index in [0.29, 0.717) is 53.5 Å². The van der Waals surface area contributed by atoms with Crippen LogP contribution in [0.1, 0.15) is 46.7 Å². The van der Waals surface area contributed by atoms with Gasteiger partial charge in [0.05, 0.1) is 23.3 Å². The molecule has 4 heterocycles. The Morgan fingerprint density at radius 3 is 2.68 bits per heavy atom. The zero-order chi connectivity index (χ0) is 26.1. The first-order valence-electron chi connectivity index (χ1n) is 12.2. The molecule has 2 aromatic carbocycles. The lowest BCUT2D eigenvalue weighted by molar-refractivity contribution is -0.122. The number of anilines is 1. The monoisotopic (exact) mass is 518 g/mol. The van der Waals surface area contributed by atoms with Crippen LogP contribution in [0.25, 0.3) is 10.9 Å². The van der Waals surface area contributed by atoms with Crippen LogP contribution >= 0.6 is 11.6 Å². The van der Waals surface area contributed by atoms with Gasteiger partial charge in [-0.25, -0.2) is 4.68 Å². The Morgan fingerprint density at radius 1 is 1.19 bits per heavy atom. The van der Waals surface area contributed by atoms with E-state index in [9.17, 15) is 14.7 Å². The lowest BCUT2D eigenvalue weighted by Gasteiger charge is -2.34. The van der Waals surface area contributed by atoms with Gasteiger partial charge in [0.1, 0.15) is 11.2 Å². The number of carbonyl (C=O) groups is 2. The Bertz CT molecular complexity index is 1550. The highest BCUT2D eigenvalue weighted by Crippen LogP contribution is 2.38. The highest BCUT2D eigenvalue weighted by molar-refractivity contribution is 6.31. The van der Waals surface area contributed by atoms with Crippen LogP contribution < -0.4 is 4.90 Å². The van der Waals surface area contributed by atoms with Crippen molar-refractivity contribution in [3.63, 3.8) is 0 Å². The zero-order valence-corrected chi connectivity index (χ0v) is 21.6. The topological polar surface area (TPSA) is 107 Å². The molecular weight excluding hydrogens is 492 g/mol. The number of amides is 2. The normalized spacial score (nSPS) is 17.9. The summed E-state index contributed by atoms with van der Waals surface area (Å²) >= 11 is 6.64. The molecule has 0 fully saturated rings. The van der Waals surface area contributed by atoms with Gasteiger partial charge < -0.3 is 14.9 Å². The van der Waals surface area contributed by atoms with E-state index in [4.69, 9.17) is 11.6 Å². The van der Waals surface area contributed by atoms with Crippen molar-refractivity contribution in [2.75, 3.05) is 18.5 Å². The molecule has 4 aromatic rings. The summed E-state index contributed by atoms with van der Waals surface area (Å²) in [4.78, 5) is 30.6. The van der Waals surface area contributed by atoms with E-state index in [1.807, 2.05) is 42.5 Å². The highest BCUT2D eigenvalue weighted by atomic mass is 35.5. The number of rotatable bonds is 4. The summed E-state index contributed by atoms with van der Waals surface area (Å²) < 4.78 is 1.65. The number of aromatic amines is 1. The molecule has 0 radical (unpaired) electrons. The molecule has 6 rings (SSSR count). The van der Waals surface area contributed by atoms with Gasteiger partial charge >= 0.3 is 0 Å². The molecule has 0 unspecified atom stereocenters. The van der Waals surface area contributed by atoms with Crippen LogP contribution in [0.15, 0.2) is 42.5 Å². The van der Waals surface area contributed by atoms with Crippen LogP contribution in [0.5, 0.6) is 0 Å². The Morgan fingerprint density at radius 2 is 1.95 bits per heavy atom. The summed E-state index contributed by atoms with van der Waals surface area (Å²) in [6.45, 7) is 4.20. The van der Waals surface area contributed by atoms with Gasteiger partial charge in [-0.05, 0) is 43.5 Å². The number of carbonyl (C=O) groups excluding carboxylic acids is 2. The number of fused-ring (bicyclic) bond motifs is 1. The number of aliphatic hydroxyl groups is 1.